The van der Waals surface area contributed by atoms with Gasteiger partial charge in [-0.15, -0.1) is 0 Å². The molecule has 11 heteroatoms. The first-order chi connectivity index (χ1) is 21.5. The van der Waals surface area contributed by atoms with E-state index in [0.29, 0.717) is 44.3 Å². The Morgan fingerprint density at radius 2 is 1.78 bits per heavy atom. The number of fused-ring (bicyclic) bond motifs is 3. The van der Waals surface area contributed by atoms with Crippen LogP contribution in [0.1, 0.15) is 70.8 Å². The van der Waals surface area contributed by atoms with Crippen LogP contribution < -0.4 is 10.6 Å². The highest BCUT2D eigenvalue weighted by Crippen LogP contribution is 2.24. The van der Waals surface area contributed by atoms with Crippen molar-refractivity contribution < 1.29 is 23.6 Å². The maximum absolute atomic E-state index is 14.8. The van der Waals surface area contributed by atoms with Gasteiger partial charge in [-0.05, 0) is 93.5 Å². The van der Waals surface area contributed by atoms with Crippen LogP contribution >= 0.6 is 0 Å². The molecule has 0 saturated carbocycles. The highest BCUT2D eigenvalue weighted by atomic mass is 19.1. The largest absolute Gasteiger partial charge is 0.355 e. The van der Waals surface area contributed by atoms with E-state index in [0.717, 1.165) is 22.6 Å². The van der Waals surface area contributed by atoms with E-state index in [2.05, 4.69) is 15.7 Å². The summed E-state index contributed by atoms with van der Waals surface area (Å²) in [5.74, 6) is -2.25. The molecule has 1 aromatic heterocycles. The molecule has 238 valence electrons. The van der Waals surface area contributed by atoms with Gasteiger partial charge in [0.25, 0.3) is 11.8 Å². The Kier molecular flexibility index (Phi) is 9.65. The van der Waals surface area contributed by atoms with Crippen LogP contribution in [-0.4, -0.2) is 81.5 Å². The summed E-state index contributed by atoms with van der Waals surface area (Å²) in [7, 11) is 0. The minimum atomic E-state index is -0.758. The Morgan fingerprint density at radius 3 is 2.47 bits per heavy atom. The van der Waals surface area contributed by atoms with Crippen LogP contribution in [-0.2, 0) is 16.0 Å². The van der Waals surface area contributed by atoms with Crippen LogP contribution in [0.25, 0.3) is 5.69 Å². The Morgan fingerprint density at radius 1 is 1.02 bits per heavy atom. The summed E-state index contributed by atoms with van der Waals surface area (Å²) in [6.45, 7) is 8.33. The van der Waals surface area contributed by atoms with Crippen LogP contribution in [0, 0.1) is 25.6 Å². The van der Waals surface area contributed by atoms with Crippen molar-refractivity contribution in [2.24, 2.45) is 5.92 Å². The summed E-state index contributed by atoms with van der Waals surface area (Å²) in [6.07, 6.45) is 2.16. The molecule has 0 spiro atoms. The SMILES string of the molecule is Cc1cc(C)n(-c2ccc(C(=O)N3CC(=O)NCCCc4ccc(F)c(c4)C(=O)N4CCC[C@H]4C(=O)N[C@H](C(C)C)C3)cc2)n1. The van der Waals surface area contributed by atoms with E-state index in [1.165, 1.54) is 15.9 Å². The number of hydrogen-bond donors (Lipinski definition) is 2. The normalized spacial score (nSPS) is 20.1. The zero-order chi connectivity index (χ0) is 32.2. The summed E-state index contributed by atoms with van der Waals surface area (Å²) < 4.78 is 16.6. The number of aryl methyl sites for hydroxylation is 3. The lowest BCUT2D eigenvalue weighted by atomic mass is 10.0. The molecular weight excluding hydrogens is 575 g/mol. The molecule has 2 atom stereocenters. The third kappa shape index (κ3) is 7.24. The number of rotatable bonds is 3. The number of nitrogens with one attached hydrogen (secondary N) is 2. The third-order valence-corrected chi connectivity index (χ3v) is 8.58. The highest BCUT2D eigenvalue weighted by molar-refractivity contribution is 5.99. The van der Waals surface area contributed by atoms with Gasteiger partial charge in [0.05, 0.1) is 23.5 Å². The van der Waals surface area contributed by atoms with E-state index >= 15 is 0 Å². The van der Waals surface area contributed by atoms with E-state index in [1.807, 2.05) is 45.9 Å². The molecule has 4 amide bonds. The van der Waals surface area contributed by atoms with Crippen molar-refractivity contribution in [3.05, 3.63) is 82.4 Å². The molecular formula is C34H41FN6O4. The molecule has 1 saturated heterocycles. The fraction of sp³-hybridized carbons (Fsp3) is 0.441. The average molecular weight is 617 g/mol. The number of halogens is 1. The molecule has 5 rings (SSSR count). The first-order valence-corrected chi connectivity index (χ1v) is 15.6. The Hall–Kier alpha value is -4.54. The lowest BCUT2D eigenvalue weighted by Crippen LogP contribution is -2.54. The van der Waals surface area contributed by atoms with Crippen molar-refractivity contribution in [3.63, 3.8) is 0 Å². The van der Waals surface area contributed by atoms with E-state index in [4.69, 9.17) is 0 Å². The van der Waals surface area contributed by atoms with Gasteiger partial charge >= 0.3 is 0 Å². The fourth-order valence-electron chi connectivity index (χ4n) is 6.06. The summed E-state index contributed by atoms with van der Waals surface area (Å²) >= 11 is 0. The predicted molar refractivity (Wildman–Crippen MR) is 167 cm³/mol. The van der Waals surface area contributed by atoms with Gasteiger partial charge < -0.3 is 20.4 Å². The molecule has 2 aliphatic heterocycles. The summed E-state index contributed by atoms with van der Waals surface area (Å²) in [4.78, 5) is 57.0. The number of carbonyl (C=O) groups is 4. The smallest absolute Gasteiger partial charge is 0.257 e. The molecule has 2 N–H and O–H groups in total. The average Bonchev–Trinajstić information content (AvgIpc) is 3.64. The number of carbonyl (C=O) groups excluding carboxylic acids is 4. The Labute approximate surface area is 263 Å². The van der Waals surface area contributed by atoms with Gasteiger partial charge in [0, 0.05) is 36.9 Å². The fourth-order valence-corrected chi connectivity index (χ4v) is 6.06. The van der Waals surface area contributed by atoms with Gasteiger partial charge in [-0.3, -0.25) is 19.2 Å². The van der Waals surface area contributed by atoms with Gasteiger partial charge in [0.1, 0.15) is 11.9 Å². The molecule has 2 aromatic carbocycles. The molecule has 3 heterocycles. The number of benzene rings is 2. The second kappa shape index (κ2) is 13.6. The lowest BCUT2D eigenvalue weighted by Gasteiger charge is -2.32. The minimum Gasteiger partial charge on any atom is -0.355 e. The maximum atomic E-state index is 14.8. The van der Waals surface area contributed by atoms with Crippen molar-refractivity contribution in [2.75, 3.05) is 26.2 Å². The molecule has 0 unspecified atom stereocenters. The molecule has 2 bridgehead atoms. The first-order valence-electron chi connectivity index (χ1n) is 15.6. The quantitative estimate of drug-likeness (QED) is 0.467. The summed E-state index contributed by atoms with van der Waals surface area (Å²) in [5.41, 5.74) is 3.78. The van der Waals surface area contributed by atoms with E-state index in [-0.39, 0.29) is 42.3 Å². The van der Waals surface area contributed by atoms with Crippen molar-refractivity contribution in [1.29, 1.82) is 0 Å². The van der Waals surface area contributed by atoms with Crippen molar-refractivity contribution in [3.8, 4) is 5.69 Å². The summed E-state index contributed by atoms with van der Waals surface area (Å²) in [6, 6.07) is 12.2. The molecule has 2 aliphatic rings. The topological polar surface area (TPSA) is 117 Å². The van der Waals surface area contributed by atoms with Gasteiger partial charge in [0.15, 0.2) is 0 Å². The van der Waals surface area contributed by atoms with Crippen LogP contribution in [0.5, 0.6) is 0 Å². The highest BCUT2D eigenvalue weighted by Gasteiger charge is 2.37. The van der Waals surface area contributed by atoms with Gasteiger partial charge in [0.2, 0.25) is 11.8 Å². The molecule has 45 heavy (non-hydrogen) atoms. The van der Waals surface area contributed by atoms with E-state index in [9.17, 15) is 23.6 Å². The van der Waals surface area contributed by atoms with Crippen LogP contribution in [0.2, 0.25) is 0 Å². The van der Waals surface area contributed by atoms with E-state index < -0.39 is 23.8 Å². The maximum Gasteiger partial charge on any atom is 0.257 e. The zero-order valence-corrected chi connectivity index (χ0v) is 26.3. The molecule has 10 nitrogen and oxygen atoms in total. The standard InChI is InChI=1S/C34H41FN6O4/c1-21(2)29-19-39(33(44)25-10-12-26(13-11-25)41-23(4)17-22(3)38-41)20-31(42)36-15-5-7-24-9-14-28(35)27(18-24)34(45)40-16-6-8-30(40)32(43)37-29/h9-14,17-18,21,29-30H,5-8,15-16,19-20H2,1-4H3,(H,36,42)(H,37,43)/t29-,30-/m0/s1. The molecule has 0 radical (unpaired) electrons. The van der Waals surface area contributed by atoms with Gasteiger partial charge in [-0.25, -0.2) is 9.07 Å². The predicted octanol–water partition coefficient (Wildman–Crippen LogP) is 3.58. The molecule has 0 aliphatic carbocycles. The molecule has 3 aromatic rings. The number of amides is 4. The second-order valence-corrected chi connectivity index (χ2v) is 12.4. The second-order valence-electron chi connectivity index (χ2n) is 12.4. The molecule has 1 fully saturated rings. The van der Waals surface area contributed by atoms with Crippen LogP contribution in [0.15, 0.2) is 48.5 Å². The Bertz CT molecular complexity index is 1580. The number of nitrogens with zero attached hydrogens (tertiary/aromatic N) is 4. The van der Waals surface area contributed by atoms with Crippen LogP contribution in [0.4, 0.5) is 4.39 Å². The third-order valence-electron chi connectivity index (χ3n) is 8.58. The van der Waals surface area contributed by atoms with Crippen LogP contribution in [0.3, 0.4) is 0 Å². The number of hydrogen-bond acceptors (Lipinski definition) is 5. The monoisotopic (exact) mass is 616 g/mol. The van der Waals surface area contributed by atoms with Gasteiger partial charge in [-0.1, -0.05) is 19.9 Å². The first kappa shape index (κ1) is 31.9. The zero-order valence-electron chi connectivity index (χ0n) is 26.3. The number of aromatic nitrogens is 2. The minimum absolute atomic E-state index is 0.0541. The Balaban J connectivity index is 1.42. The van der Waals surface area contributed by atoms with Crippen molar-refractivity contribution >= 4 is 23.6 Å². The lowest BCUT2D eigenvalue weighted by molar-refractivity contribution is -0.126. The van der Waals surface area contributed by atoms with E-state index in [1.54, 1.807) is 28.9 Å². The van der Waals surface area contributed by atoms with Gasteiger partial charge in [-0.2, -0.15) is 5.10 Å². The van der Waals surface area contributed by atoms with Crippen molar-refractivity contribution in [1.82, 2.24) is 30.2 Å². The van der Waals surface area contributed by atoms with Crippen molar-refractivity contribution in [2.45, 2.75) is 65.5 Å². The summed E-state index contributed by atoms with van der Waals surface area (Å²) in [5, 5.41) is 10.4.